The first kappa shape index (κ1) is 15.6. The molecule has 0 aliphatic carbocycles. The van der Waals surface area contributed by atoms with E-state index < -0.39 is 0 Å². The van der Waals surface area contributed by atoms with Gasteiger partial charge >= 0.3 is 0 Å². The van der Waals surface area contributed by atoms with E-state index in [0.717, 1.165) is 25.9 Å². The molecular formula is C13H23N3O3S. The Morgan fingerprint density at radius 1 is 1.30 bits per heavy atom. The van der Waals surface area contributed by atoms with Gasteiger partial charge in [-0.25, -0.2) is 0 Å². The van der Waals surface area contributed by atoms with Crippen molar-refractivity contribution in [2.45, 2.75) is 18.9 Å². The van der Waals surface area contributed by atoms with E-state index in [4.69, 9.17) is 4.74 Å². The molecule has 0 bridgehead atoms. The standard InChI is InChI=1S/C13H23N3O3S/c17-12(15-11-2-1-3-14-8-11)9-20-10-13(18)16-4-6-19-7-5-16/h11,14H,1-10H2,(H,15,17)/t11-/m0/s1. The van der Waals surface area contributed by atoms with Crippen LogP contribution in [-0.4, -0.2) is 73.7 Å². The molecule has 20 heavy (non-hydrogen) atoms. The molecule has 6 nitrogen and oxygen atoms in total. The smallest absolute Gasteiger partial charge is 0.232 e. The first-order chi connectivity index (χ1) is 9.75. The van der Waals surface area contributed by atoms with Crippen molar-refractivity contribution in [3.05, 3.63) is 0 Å². The Hall–Kier alpha value is -0.790. The molecule has 0 radical (unpaired) electrons. The minimum absolute atomic E-state index is 0.0264. The summed E-state index contributed by atoms with van der Waals surface area (Å²) in [5.41, 5.74) is 0. The number of carbonyl (C=O) groups is 2. The van der Waals surface area contributed by atoms with E-state index in [1.165, 1.54) is 11.8 Å². The predicted octanol–water partition coefficient (Wildman–Crippen LogP) is -0.553. The van der Waals surface area contributed by atoms with Crippen LogP contribution in [0.15, 0.2) is 0 Å². The van der Waals surface area contributed by atoms with Crippen LogP contribution >= 0.6 is 11.8 Å². The lowest BCUT2D eigenvalue weighted by atomic mass is 10.1. The van der Waals surface area contributed by atoms with Crippen LogP contribution in [0.5, 0.6) is 0 Å². The summed E-state index contributed by atoms with van der Waals surface area (Å²) >= 11 is 1.39. The van der Waals surface area contributed by atoms with E-state index in [0.29, 0.717) is 37.8 Å². The number of morpholine rings is 1. The second-order valence-electron chi connectivity index (χ2n) is 5.10. The highest BCUT2D eigenvalue weighted by Gasteiger charge is 2.18. The highest BCUT2D eigenvalue weighted by Crippen LogP contribution is 2.06. The third-order valence-corrected chi connectivity index (χ3v) is 4.40. The molecule has 7 heteroatoms. The normalized spacial score (nSPS) is 23.4. The number of hydrogen-bond donors (Lipinski definition) is 2. The summed E-state index contributed by atoms with van der Waals surface area (Å²) in [6.45, 7) is 4.45. The van der Waals surface area contributed by atoms with Crippen LogP contribution in [0.1, 0.15) is 12.8 Å². The van der Waals surface area contributed by atoms with Crippen LogP contribution in [0.3, 0.4) is 0 Å². The second kappa shape index (κ2) is 8.49. The molecule has 2 N–H and O–H groups in total. The Labute approximate surface area is 124 Å². The van der Waals surface area contributed by atoms with Gasteiger partial charge in [0.2, 0.25) is 11.8 Å². The monoisotopic (exact) mass is 301 g/mol. The molecule has 0 aromatic carbocycles. The van der Waals surface area contributed by atoms with Crippen molar-refractivity contribution in [3.8, 4) is 0 Å². The molecule has 2 amide bonds. The molecule has 0 unspecified atom stereocenters. The molecule has 2 rings (SSSR count). The number of piperidine rings is 1. The fourth-order valence-electron chi connectivity index (χ4n) is 2.38. The average Bonchev–Trinajstić information content (AvgIpc) is 2.49. The van der Waals surface area contributed by atoms with E-state index in [9.17, 15) is 9.59 Å². The van der Waals surface area contributed by atoms with Gasteiger partial charge in [0, 0.05) is 25.7 Å². The number of amides is 2. The largest absolute Gasteiger partial charge is 0.378 e. The molecular weight excluding hydrogens is 278 g/mol. The summed E-state index contributed by atoms with van der Waals surface area (Å²) in [7, 11) is 0. The molecule has 1 atom stereocenters. The first-order valence-electron chi connectivity index (χ1n) is 7.19. The van der Waals surface area contributed by atoms with Gasteiger partial charge in [0.05, 0.1) is 24.7 Å². The minimum Gasteiger partial charge on any atom is -0.378 e. The van der Waals surface area contributed by atoms with Crippen molar-refractivity contribution in [1.82, 2.24) is 15.5 Å². The summed E-state index contributed by atoms with van der Waals surface area (Å²) < 4.78 is 5.21. The molecule has 0 aromatic heterocycles. The van der Waals surface area contributed by atoms with E-state index in [1.807, 2.05) is 0 Å². The average molecular weight is 301 g/mol. The third-order valence-electron chi connectivity index (χ3n) is 3.48. The Kier molecular flexibility index (Phi) is 6.62. The van der Waals surface area contributed by atoms with Crippen molar-refractivity contribution in [2.75, 3.05) is 50.9 Å². The van der Waals surface area contributed by atoms with Crippen molar-refractivity contribution in [2.24, 2.45) is 0 Å². The molecule has 2 fully saturated rings. The summed E-state index contributed by atoms with van der Waals surface area (Å²) in [5, 5.41) is 6.27. The molecule has 114 valence electrons. The van der Waals surface area contributed by atoms with Crippen molar-refractivity contribution < 1.29 is 14.3 Å². The lowest BCUT2D eigenvalue weighted by molar-refractivity contribution is -0.132. The summed E-state index contributed by atoms with van der Waals surface area (Å²) in [6, 6.07) is 0.242. The highest BCUT2D eigenvalue weighted by molar-refractivity contribution is 8.00. The Morgan fingerprint density at radius 3 is 2.80 bits per heavy atom. The number of carbonyl (C=O) groups excluding carboxylic acids is 2. The Morgan fingerprint density at radius 2 is 2.10 bits per heavy atom. The van der Waals surface area contributed by atoms with E-state index in [2.05, 4.69) is 10.6 Å². The first-order valence-corrected chi connectivity index (χ1v) is 8.34. The molecule has 2 aliphatic heterocycles. The van der Waals surface area contributed by atoms with Crippen LogP contribution in [-0.2, 0) is 14.3 Å². The number of hydrogen-bond acceptors (Lipinski definition) is 5. The Balaban J connectivity index is 1.57. The second-order valence-corrected chi connectivity index (χ2v) is 6.08. The van der Waals surface area contributed by atoms with Crippen LogP contribution in [0.25, 0.3) is 0 Å². The predicted molar refractivity (Wildman–Crippen MR) is 78.8 cm³/mol. The maximum absolute atomic E-state index is 11.9. The van der Waals surface area contributed by atoms with E-state index in [1.54, 1.807) is 4.90 Å². The van der Waals surface area contributed by atoms with Crippen molar-refractivity contribution in [1.29, 1.82) is 0 Å². The van der Waals surface area contributed by atoms with Gasteiger partial charge in [-0.3, -0.25) is 9.59 Å². The Bertz CT molecular complexity index is 329. The molecule has 2 heterocycles. The van der Waals surface area contributed by atoms with Crippen molar-refractivity contribution in [3.63, 3.8) is 0 Å². The van der Waals surface area contributed by atoms with Gasteiger partial charge in [0.25, 0.3) is 0 Å². The third kappa shape index (κ3) is 5.30. The molecule has 2 aliphatic rings. The number of rotatable bonds is 5. The SMILES string of the molecule is O=C(CSCC(=O)N1CCOCC1)N[C@H]1CCCNC1. The maximum atomic E-state index is 11.9. The quantitative estimate of drug-likeness (QED) is 0.713. The maximum Gasteiger partial charge on any atom is 0.232 e. The zero-order valence-electron chi connectivity index (χ0n) is 11.7. The summed E-state index contributed by atoms with van der Waals surface area (Å²) in [4.78, 5) is 25.4. The van der Waals surface area contributed by atoms with Gasteiger partial charge in [-0.2, -0.15) is 0 Å². The summed E-state index contributed by atoms with van der Waals surface area (Å²) in [5.74, 6) is 0.854. The van der Waals surface area contributed by atoms with Crippen LogP contribution in [0.4, 0.5) is 0 Å². The lowest BCUT2D eigenvalue weighted by Crippen LogP contribution is -2.46. The van der Waals surface area contributed by atoms with Crippen LogP contribution in [0.2, 0.25) is 0 Å². The van der Waals surface area contributed by atoms with Gasteiger partial charge in [-0.15, -0.1) is 11.8 Å². The van der Waals surface area contributed by atoms with Crippen molar-refractivity contribution >= 4 is 23.6 Å². The lowest BCUT2D eigenvalue weighted by Gasteiger charge is -2.26. The van der Waals surface area contributed by atoms with Gasteiger partial charge in [0.15, 0.2) is 0 Å². The zero-order chi connectivity index (χ0) is 14.2. The number of thioether (sulfide) groups is 1. The van der Waals surface area contributed by atoms with Crippen LogP contribution < -0.4 is 10.6 Å². The molecule has 0 saturated carbocycles. The molecule has 0 aromatic rings. The number of nitrogens with one attached hydrogen (secondary N) is 2. The summed E-state index contributed by atoms with van der Waals surface area (Å²) in [6.07, 6.45) is 2.14. The highest BCUT2D eigenvalue weighted by atomic mass is 32.2. The fraction of sp³-hybridized carbons (Fsp3) is 0.846. The van der Waals surface area contributed by atoms with E-state index >= 15 is 0 Å². The number of ether oxygens (including phenoxy) is 1. The van der Waals surface area contributed by atoms with Gasteiger partial charge < -0.3 is 20.3 Å². The van der Waals surface area contributed by atoms with Crippen LogP contribution in [0, 0.1) is 0 Å². The fourth-order valence-corrected chi connectivity index (χ4v) is 3.11. The van der Waals surface area contributed by atoms with Gasteiger partial charge in [0.1, 0.15) is 0 Å². The topological polar surface area (TPSA) is 70.7 Å². The molecule has 0 spiro atoms. The molecule has 2 saturated heterocycles. The minimum atomic E-state index is 0.0264. The zero-order valence-corrected chi connectivity index (χ0v) is 12.5. The van der Waals surface area contributed by atoms with Gasteiger partial charge in [-0.05, 0) is 19.4 Å². The van der Waals surface area contributed by atoms with Gasteiger partial charge in [-0.1, -0.05) is 0 Å². The number of nitrogens with zero attached hydrogens (tertiary/aromatic N) is 1. The van der Waals surface area contributed by atoms with E-state index in [-0.39, 0.29) is 17.9 Å².